The molecule has 1 heterocycles. The smallest absolute Gasteiger partial charge is 0.372 e. The Morgan fingerprint density at radius 3 is 2.55 bits per heavy atom. The van der Waals surface area contributed by atoms with E-state index in [1.54, 1.807) is 0 Å². The fourth-order valence-corrected chi connectivity index (χ4v) is 0.949. The van der Waals surface area contributed by atoms with Gasteiger partial charge in [0.1, 0.15) is 11.0 Å². The maximum Gasteiger partial charge on any atom is 0.410 e. The molecule has 1 fully saturated rings. The van der Waals surface area contributed by atoms with Gasteiger partial charge in [0.25, 0.3) is 0 Å². The van der Waals surface area contributed by atoms with Crippen LogP contribution in [-0.2, 0) is 4.74 Å². The van der Waals surface area contributed by atoms with Gasteiger partial charge in [0.15, 0.2) is 0 Å². The van der Waals surface area contributed by atoms with Gasteiger partial charge in [0, 0.05) is 0 Å². The maximum absolute atomic E-state index is 11.9. The number of halogens is 3. The normalized spacial score (nSPS) is 26.5. The summed E-state index contributed by atoms with van der Waals surface area (Å²) in [7, 11) is 0. The lowest BCUT2D eigenvalue weighted by atomic mass is 10.3. The molecule has 0 spiro atoms. The van der Waals surface area contributed by atoms with Crippen molar-refractivity contribution in [2.75, 3.05) is 13.2 Å². The average molecular weight is 185 g/mol. The number of thiocarbonyl (C=S) groups is 1. The van der Waals surface area contributed by atoms with Gasteiger partial charge in [-0.2, -0.15) is 13.2 Å². The van der Waals surface area contributed by atoms with Crippen molar-refractivity contribution < 1.29 is 17.9 Å². The molecule has 11 heavy (non-hydrogen) atoms. The lowest BCUT2D eigenvalue weighted by molar-refractivity contribution is -0.166. The van der Waals surface area contributed by atoms with Crippen LogP contribution >= 0.6 is 12.2 Å². The molecule has 0 amide bonds. The fraction of sp³-hybridized carbons (Fsp3) is 0.800. The van der Waals surface area contributed by atoms with Gasteiger partial charge in [-0.05, 0) is 0 Å². The minimum atomic E-state index is -4.27. The molecule has 0 bridgehead atoms. The summed E-state index contributed by atoms with van der Waals surface area (Å²) in [5, 5.41) is 2.14. The highest BCUT2D eigenvalue weighted by molar-refractivity contribution is 7.80. The van der Waals surface area contributed by atoms with Crippen LogP contribution in [0.5, 0.6) is 0 Å². The van der Waals surface area contributed by atoms with E-state index in [0.29, 0.717) is 0 Å². The third-order valence-corrected chi connectivity index (χ3v) is 1.48. The second-order valence-electron chi connectivity index (χ2n) is 2.18. The topological polar surface area (TPSA) is 21.3 Å². The molecule has 0 aromatic carbocycles. The Balaban J connectivity index is 2.53. The Morgan fingerprint density at radius 1 is 1.55 bits per heavy atom. The summed E-state index contributed by atoms with van der Waals surface area (Å²) in [6, 6.07) is -1.64. The molecule has 0 aromatic rings. The first-order chi connectivity index (χ1) is 5.00. The van der Waals surface area contributed by atoms with Crippen LogP contribution in [-0.4, -0.2) is 30.4 Å². The second kappa shape index (κ2) is 2.94. The molecule has 0 unspecified atom stereocenters. The largest absolute Gasteiger partial charge is 0.410 e. The van der Waals surface area contributed by atoms with Crippen molar-refractivity contribution in [2.45, 2.75) is 12.2 Å². The Bertz CT molecular complexity index is 170. The molecule has 1 saturated heterocycles. The van der Waals surface area contributed by atoms with Crippen LogP contribution in [0.4, 0.5) is 13.2 Å². The molecule has 1 rings (SSSR count). The minimum Gasteiger partial charge on any atom is -0.372 e. The average Bonchev–Trinajstić information content (AvgIpc) is 1.86. The van der Waals surface area contributed by atoms with E-state index in [9.17, 15) is 13.2 Å². The molecule has 0 aromatic heterocycles. The molecule has 1 atom stereocenters. The second-order valence-corrected chi connectivity index (χ2v) is 2.67. The van der Waals surface area contributed by atoms with Gasteiger partial charge < -0.3 is 10.1 Å². The van der Waals surface area contributed by atoms with Crippen LogP contribution in [0.25, 0.3) is 0 Å². The monoisotopic (exact) mass is 185 g/mol. The van der Waals surface area contributed by atoms with Gasteiger partial charge in [-0.3, -0.25) is 0 Å². The first kappa shape index (κ1) is 8.73. The Kier molecular flexibility index (Phi) is 2.34. The predicted molar refractivity (Wildman–Crippen MR) is 36.4 cm³/mol. The number of hydrogen-bond donors (Lipinski definition) is 1. The van der Waals surface area contributed by atoms with E-state index in [4.69, 9.17) is 0 Å². The van der Waals surface area contributed by atoms with Crippen LogP contribution in [0, 0.1) is 0 Å². The Morgan fingerprint density at radius 2 is 2.18 bits per heavy atom. The van der Waals surface area contributed by atoms with Gasteiger partial charge in [0.2, 0.25) is 0 Å². The third-order valence-electron chi connectivity index (χ3n) is 1.25. The van der Waals surface area contributed by atoms with Crippen molar-refractivity contribution in [3.05, 3.63) is 0 Å². The van der Waals surface area contributed by atoms with Gasteiger partial charge in [-0.25, -0.2) is 0 Å². The van der Waals surface area contributed by atoms with Gasteiger partial charge in [0.05, 0.1) is 13.2 Å². The van der Waals surface area contributed by atoms with Crippen LogP contribution in [0.3, 0.4) is 0 Å². The van der Waals surface area contributed by atoms with Gasteiger partial charge in [-0.1, -0.05) is 12.2 Å². The molecule has 64 valence electrons. The number of nitrogens with one attached hydrogen (secondary N) is 1. The summed E-state index contributed by atoms with van der Waals surface area (Å²) in [5.74, 6) is 0. The quantitative estimate of drug-likeness (QED) is 0.566. The zero-order valence-corrected chi connectivity index (χ0v) is 6.26. The molecular formula is C5H6F3NOS. The van der Waals surface area contributed by atoms with Crippen molar-refractivity contribution >= 4 is 17.2 Å². The standard InChI is InChI=1S/C5H6F3NOS/c6-5(7,8)3-1-10-2-4(11)9-3/h3H,1-2H2,(H,9,11)/t3-/m1/s1. The van der Waals surface area contributed by atoms with Gasteiger partial charge >= 0.3 is 6.18 Å². The molecule has 1 aliphatic rings. The number of rotatable bonds is 0. The minimum absolute atomic E-state index is 0.0852. The Labute approximate surface area is 66.7 Å². The SMILES string of the molecule is FC(F)(F)[C@H]1COCC(=S)N1. The summed E-state index contributed by atoms with van der Waals surface area (Å²) >= 11 is 4.52. The predicted octanol–water partition coefficient (Wildman–Crippen LogP) is 0.864. The highest BCUT2D eigenvalue weighted by atomic mass is 32.1. The Hall–Kier alpha value is -0.360. The van der Waals surface area contributed by atoms with E-state index in [-0.39, 0.29) is 18.2 Å². The summed E-state index contributed by atoms with van der Waals surface area (Å²) in [6.45, 7) is -0.272. The van der Waals surface area contributed by atoms with Crippen molar-refractivity contribution in [2.24, 2.45) is 0 Å². The lowest BCUT2D eigenvalue weighted by Gasteiger charge is -2.26. The number of hydrogen-bond acceptors (Lipinski definition) is 2. The van der Waals surface area contributed by atoms with Crippen LogP contribution in [0.1, 0.15) is 0 Å². The molecular weight excluding hydrogens is 179 g/mol. The highest BCUT2D eigenvalue weighted by Gasteiger charge is 2.41. The molecule has 0 radical (unpaired) electrons. The lowest BCUT2D eigenvalue weighted by Crippen LogP contribution is -2.52. The summed E-state index contributed by atoms with van der Waals surface area (Å²) < 4.78 is 40.3. The van der Waals surface area contributed by atoms with Crippen LogP contribution < -0.4 is 5.32 Å². The first-order valence-corrected chi connectivity index (χ1v) is 3.35. The summed E-state index contributed by atoms with van der Waals surface area (Å²) in [5.41, 5.74) is 0. The van der Waals surface area contributed by atoms with Crippen molar-refractivity contribution in [3.63, 3.8) is 0 Å². The van der Waals surface area contributed by atoms with E-state index in [0.717, 1.165) is 0 Å². The van der Waals surface area contributed by atoms with E-state index in [2.05, 4.69) is 22.3 Å². The highest BCUT2D eigenvalue weighted by Crippen LogP contribution is 2.21. The number of morpholine rings is 1. The van der Waals surface area contributed by atoms with Crippen molar-refractivity contribution in [3.8, 4) is 0 Å². The zero-order valence-electron chi connectivity index (χ0n) is 5.44. The molecule has 1 aliphatic heterocycles. The summed E-state index contributed by atoms with van der Waals surface area (Å²) in [4.78, 5) is 0.110. The number of alkyl halides is 3. The first-order valence-electron chi connectivity index (χ1n) is 2.94. The maximum atomic E-state index is 11.9. The van der Waals surface area contributed by atoms with E-state index < -0.39 is 12.2 Å². The number of ether oxygens (including phenoxy) is 1. The van der Waals surface area contributed by atoms with Crippen LogP contribution in [0.2, 0.25) is 0 Å². The van der Waals surface area contributed by atoms with Crippen molar-refractivity contribution in [1.29, 1.82) is 0 Å². The third kappa shape index (κ3) is 2.30. The molecule has 6 heteroatoms. The van der Waals surface area contributed by atoms with Crippen molar-refractivity contribution in [1.82, 2.24) is 5.32 Å². The van der Waals surface area contributed by atoms with E-state index in [1.165, 1.54) is 0 Å². The van der Waals surface area contributed by atoms with Gasteiger partial charge in [-0.15, -0.1) is 0 Å². The molecule has 0 aliphatic carbocycles. The molecule has 0 saturated carbocycles. The fourth-order valence-electron chi connectivity index (χ4n) is 0.723. The van der Waals surface area contributed by atoms with E-state index >= 15 is 0 Å². The van der Waals surface area contributed by atoms with Crippen LogP contribution in [0.15, 0.2) is 0 Å². The summed E-state index contributed by atoms with van der Waals surface area (Å²) in [6.07, 6.45) is -4.27. The molecule has 2 nitrogen and oxygen atoms in total. The molecule has 1 N–H and O–H groups in total. The van der Waals surface area contributed by atoms with E-state index in [1.807, 2.05) is 0 Å². The zero-order chi connectivity index (χ0) is 8.48.